The summed E-state index contributed by atoms with van der Waals surface area (Å²) in [7, 11) is 0. The van der Waals surface area contributed by atoms with Crippen LogP contribution in [0.4, 0.5) is 4.39 Å². The number of aryl methyl sites for hydroxylation is 1. The zero-order valence-corrected chi connectivity index (χ0v) is 6.93. The van der Waals surface area contributed by atoms with E-state index in [0.29, 0.717) is 5.69 Å². The van der Waals surface area contributed by atoms with Gasteiger partial charge in [-0.2, -0.15) is 0 Å². The highest BCUT2D eigenvalue weighted by Gasteiger charge is 1.96. The molecule has 0 atom stereocenters. The summed E-state index contributed by atoms with van der Waals surface area (Å²) in [6, 6.07) is 1.03. The van der Waals surface area contributed by atoms with E-state index in [0.717, 1.165) is 12.3 Å². The second kappa shape index (κ2) is 4.66. The number of hydrogen-bond acceptors (Lipinski definition) is 2. The largest absolute Gasteiger partial charge is 0.506 e. The minimum Gasteiger partial charge on any atom is -0.506 e. The van der Waals surface area contributed by atoms with Crippen molar-refractivity contribution in [2.24, 2.45) is 0 Å². The van der Waals surface area contributed by atoms with E-state index < -0.39 is 5.82 Å². The van der Waals surface area contributed by atoms with Crippen LogP contribution in [-0.4, -0.2) is 10.1 Å². The van der Waals surface area contributed by atoms with E-state index in [4.69, 9.17) is 5.11 Å². The number of hydrogen-bond donors (Lipinski definition) is 1. The van der Waals surface area contributed by atoms with E-state index in [1.807, 2.05) is 13.8 Å². The number of pyridine rings is 1. The fraction of sp³-hybridized carbons (Fsp3) is 0.375. The molecule has 0 amide bonds. The van der Waals surface area contributed by atoms with E-state index in [9.17, 15) is 4.39 Å². The van der Waals surface area contributed by atoms with Crippen LogP contribution in [0.5, 0.6) is 5.75 Å². The summed E-state index contributed by atoms with van der Waals surface area (Å²) in [6.45, 7) is 5.61. The molecular formula is C8H12FNO. The lowest BCUT2D eigenvalue weighted by atomic mass is 10.3. The normalized spacial score (nSPS) is 8.36. The molecule has 1 aromatic heterocycles. The SMILES string of the molecule is CC.Cc1ncc(F)cc1O. The van der Waals surface area contributed by atoms with Gasteiger partial charge in [-0.3, -0.25) is 4.98 Å². The van der Waals surface area contributed by atoms with E-state index >= 15 is 0 Å². The minimum atomic E-state index is -0.516. The first kappa shape index (κ1) is 9.88. The monoisotopic (exact) mass is 157 g/mol. The molecule has 0 aliphatic carbocycles. The molecule has 0 fully saturated rings. The van der Waals surface area contributed by atoms with Crippen LogP contribution in [0.1, 0.15) is 19.5 Å². The predicted molar refractivity (Wildman–Crippen MR) is 41.9 cm³/mol. The Morgan fingerprint density at radius 3 is 2.36 bits per heavy atom. The number of rotatable bonds is 0. The Bertz CT molecular complexity index is 225. The Balaban J connectivity index is 0.000000461. The Kier molecular flexibility index (Phi) is 4.18. The molecule has 0 bridgehead atoms. The summed E-state index contributed by atoms with van der Waals surface area (Å²) in [5.74, 6) is -0.617. The van der Waals surface area contributed by atoms with E-state index in [1.165, 1.54) is 0 Å². The lowest BCUT2D eigenvalue weighted by molar-refractivity contribution is 0.460. The van der Waals surface area contributed by atoms with Crippen molar-refractivity contribution in [3.8, 4) is 5.75 Å². The first-order valence-corrected chi connectivity index (χ1v) is 3.51. The van der Waals surface area contributed by atoms with Crippen molar-refractivity contribution in [2.75, 3.05) is 0 Å². The van der Waals surface area contributed by atoms with Gasteiger partial charge in [-0.05, 0) is 6.92 Å². The highest BCUT2D eigenvalue weighted by molar-refractivity contribution is 5.23. The standard InChI is InChI=1S/C6H6FNO.C2H6/c1-4-6(9)2-5(7)3-8-4;1-2/h2-3,9H,1H3;1-2H3. The van der Waals surface area contributed by atoms with Gasteiger partial charge in [0.2, 0.25) is 0 Å². The molecule has 1 rings (SSSR count). The van der Waals surface area contributed by atoms with Crippen molar-refractivity contribution in [2.45, 2.75) is 20.8 Å². The van der Waals surface area contributed by atoms with Gasteiger partial charge in [-0.1, -0.05) is 13.8 Å². The smallest absolute Gasteiger partial charge is 0.145 e. The lowest BCUT2D eigenvalue weighted by Crippen LogP contribution is -1.82. The molecule has 1 heterocycles. The molecule has 0 radical (unpaired) electrons. The summed E-state index contributed by atoms with van der Waals surface area (Å²) in [5.41, 5.74) is 0.441. The van der Waals surface area contributed by atoms with Crippen molar-refractivity contribution < 1.29 is 9.50 Å². The Hall–Kier alpha value is -1.12. The topological polar surface area (TPSA) is 33.1 Å². The molecule has 0 spiro atoms. The van der Waals surface area contributed by atoms with Crippen molar-refractivity contribution in [3.05, 3.63) is 23.8 Å². The molecule has 62 valence electrons. The van der Waals surface area contributed by atoms with E-state index in [-0.39, 0.29) is 5.75 Å². The molecule has 0 aliphatic heterocycles. The van der Waals surface area contributed by atoms with Crippen LogP contribution in [0.3, 0.4) is 0 Å². The fourth-order valence-electron chi connectivity index (χ4n) is 0.497. The van der Waals surface area contributed by atoms with Gasteiger partial charge in [0.15, 0.2) is 0 Å². The highest BCUT2D eigenvalue weighted by Crippen LogP contribution is 2.12. The molecule has 0 aliphatic rings. The van der Waals surface area contributed by atoms with Gasteiger partial charge in [-0.25, -0.2) is 4.39 Å². The summed E-state index contributed by atoms with van der Waals surface area (Å²) in [4.78, 5) is 3.55. The van der Waals surface area contributed by atoms with Gasteiger partial charge in [0.05, 0.1) is 11.9 Å². The van der Waals surface area contributed by atoms with Crippen LogP contribution < -0.4 is 0 Å². The second-order valence-electron chi connectivity index (χ2n) is 1.76. The molecule has 0 saturated carbocycles. The van der Waals surface area contributed by atoms with Crippen LogP contribution in [0.2, 0.25) is 0 Å². The summed E-state index contributed by atoms with van der Waals surface area (Å²) >= 11 is 0. The fourth-order valence-corrected chi connectivity index (χ4v) is 0.497. The zero-order valence-electron chi connectivity index (χ0n) is 6.93. The molecule has 1 N–H and O–H groups in total. The Morgan fingerprint density at radius 1 is 1.45 bits per heavy atom. The molecule has 0 saturated heterocycles. The van der Waals surface area contributed by atoms with Gasteiger partial charge < -0.3 is 5.11 Å². The third-order valence-corrected chi connectivity index (χ3v) is 1.03. The predicted octanol–water partition coefficient (Wildman–Crippen LogP) is 2.26. The van der Waals surface area contributed by atoms with E-state index in [1.54, 1.807) is 6.92 Å². The molecular weight excluding hydrogens is 145 g/mol. The average molecular weight is 157 g/mol. The molecule has 0 unspecified atom stereocenters. The maximum absolute atomic E-state index is 12.1. The quantitative estimate of drug-likeness (QED) is 0.626. The number of aromatic hydroxyl groups is 1. The van der Waals surface area contributed by atoms with Gasteiger partial charge in [0.1, 0.15) is 11.6 Å². The second-order valence-corrected chi connectivity index (χ2v) is 1.76. The van der Waals surface area contributed by atoms with E-state index in [2.05, 4.69) is 4.98 Å². The molecule has 11 heavy (non-hydrogen) atoms. The van der Waals surface area contributed by atoms with Crippen molar-refractivity contribution in [1.29, 1.82) is 0 Å². The van der Waals surface area contributed by atoms with Crippen molar-refractivity contribution >= 4 is 0 Å². The molecule has 3 heteroatoms. The number of halogens is 1. The van der Waals surface area contributed by atoms with Crippen LogP contribution in [0.25, 0.3) is 0 Å². The van der Waals surface area contributed by atoms with Crippen LogP contribution in [-0.2, 0) is 0 Å². The maximum Gasteiger partial charge on any atom is 0.145 e. The molecule has 2 nitrogen and oxygen atoms in total. The van der Waals surface area contributed by atoms with Crippen LogP contribution in [0.15, 0.2) is 12.3 Å². The molecule has 1 aromatic rings. The summed E-state index contributed by atoms with van der Waals surface area (Å²) in [6.07, 6.45) is 1.06. The zero-order chi connectivity index (χ0) is 8.85. The Labute approximate surface area is 65.7 Å². The average Bonchev–Trinajstić information content (AvgIpc) is 2.02. The van der Waals surface area contributed by atoms with Crippen LogP contribution >= 0.6 is 0 Å². The number of nitrogens with zero attached hydrogens (tertiary/aromatic N) is 1. The van der Waals surface area contributed by atoms with Gasteiger partial charge in [0.25, 0.3) is 0 Å². The molecule has 0 aromatic carbocycles. The highest BCUT2D eigenvalue weighted by atomic mass is 19.1. The first-order valence-electron chi connectivity index (χ1n) is 3.51. The van der Waals surface area contributed by atoms with Gasteiger partial charge >= 0.3 is 0 Å². The third kappa shape index (κ3) is 2.98. The minimum absolute atomic E-state index is 0.102. The van der Waals surface area contributed by atoms with Crippen molar-refractivity contribution in [3.63, 3.8) is 0 Å². The maximum atomic E-state index is 12.1. The van der Waals surface area contributed by atoms with Gasteiger partial charge in [-0.15, -0.1) is 0 Å². The van der Waals surface area contributed by atoms with Crippen LogP contribution in [0, 0.1) is 12.7 Å². The number of aromatic nitrogens is 1. The first-order chi connectivity index (χ1) is 5.20. The van der Waals surface area contributed by atoms with Crippen molar-refractivity contribution in [1.82, 2.24) is 4.98 Å². The lowest BCUT2D eigenvalue weighted by Gasteiger charge is -1.93. The third-order valence-electron chi connectivity index (χ3n) is 1.03. The van der Waals surface area contributed by atoms with Gasteiger partial charge in [0, 0.05) is 6.07 Å². The summed E-state index contributed by atoms with van der Waals surface area (Å²) in [5, 5.41) is 8.80. The summed E-state index contributed by atoms with van der Waals surface area (Å²) < 4.78 is 12.1. The Morgan fingerprint density at radius 2 is 2.00 bits per heavy atom.